The van der Waals surface area contributed by atoms with E-state index in [1.165, 1.54) is 10.4 Å². The van der Waals surface area contributed by atoms with E-state index < -0.39 is 0 Å². The molecule has 1 aromatic rings. The summed E-state index contributed by atoms with van der Waals surface area (Å²) in [7, 11) is 1.99. The molecule has 1 rings (SSSR count). The van der Waals surface area contributed by atoms with Gasteiger partial charge in [0, 0.05) is 4.88 Å². The summed E-state index contributed by atoms with van der Waals surface area (Å²) in [5.74, 6) is 0. The molecule has 0 radical (unpaired) electrons. The number of nitrogens with one attached hydrogen (secondary N) is 1. The highest BCUT2D eigenvalue weighted by molar-refractivity contribution is 7.10. The molecule has 0 aromatic carbocycles. The van der Waals surface area contributed by atoms with Crippen molar-refractivity contribution in [3.63, 3.8) is 0 Å². The van der Waals surface area contributed by atoms with Crippen LogP contribution in [0.25, 0.3) is 0 Å². The molecule has 0 unspecified atom stereocenters. The van der Waals surface area contributed by atoms with E-state index in [1.807, 2.05) is 18.4 Å². The van der Waals surface area contributed by atoms with Gasteiger partial charge in [0.05, 0.1) is 0 Å². The molecule has 0 aliphatic carbocycles. The number of hydrogen-bond donors (Lipinski definition) is 1. The van der Waals surface area contributed by atoms with Gasteiger partial charge in [-0.25, -0.2) is 0 Å². The Hall–Kier alpha value is -0.340. The first-order chi connectivity index (χ1) is 4.84. The molecule has 1 heterocycles. The highest BCUT2D eigenvalue weighted by Gasteiger charge is 1.96. The molecular formula is C8H13NS. The first-order valence-electron chi connectivity index (χ1n) is 3.52. The number of hydrogen-bond acceptors (Lipinski definition) is 2. The normalized spacial score (nSPS) is 10.2. The lowest BCUT2D eigenvalue weighted by atomic mass is 10.2. The standard InChI is InChI=1S/C8H13NS/c1-7-8(3-5-9-2)4-6-10-7/h4,6,9H,3,5H2,1-2H3. The Labute approximate surface area is 66.1 Å². The Balaban J connectivity index is 2.49. The van der Waals surface area contributed by atoms with Crippen LogP contribution in [0.15, 0.2) is 11.4 Å². The molecule has 0 atom stereocenters. The molecule has 0 fully saturated rings. The van der Waals surface area contributed by atoms with Crippen molar-refractivity contribution in [3.8, 4) is 0 Å². The van der Waals surface area contributed by atoms with Gasteiger partial charge < -0.3 is 5.32 Å². The number of aryl methyl sites for hydroxylation is 1. The maximum atomic E-state index is 3.14. The number of rotatable bonds is 3. The zero-order valence-electron chi connectivity index (χ0n) is 6.48. The molecule has 0 saturated carbocycles. The summed E-state index contributed by atoms with van der Waals surface area (Å²) in [6.45, 7) is 3.26. The third kappa shape index (κ3) is 1.82. The van der Waals surface area contributed by atoms with Gasteiger partial charge in [-0.1, -0.05) is 0 Å². The van der Waals surface area contributed by atoms with Crippen molar-refractivity contribution in [3.05, 3.63) is 21.9 Å². The number of likely N-dealkylation sites (N-methyl/N-ethyl adjacent to an activating group) is 1. The van der Waals surface area contributed by atoms with Gasteiger partial charge in [0.15, 0.2) is 0 Å². The lowest BCUT2D eigenvalue weighted by Gasteiger charge is -1.97. The molecule has 0 aliphatic rings. The Morgan fingerprint density at radius 3 is 2.90 bits per heavy atom. The van der Waals surface area contributed by atoms with E-state index in [0.717, 1.165) is 13.0 Å². The minimum absolute atomic E-state index is 1.08. The fourth-order valence-electron chi connectivity index (χ4n) is 0.930. The predicted octanol–water partition coefficient (Wildman–Crippen LogP) is 1.82. The molecule has 0 spiro atoms. The monoisotopic (exact) mass is 155 g/mol. The van der Waals surface area contributed by atoms with E-state index in [1.54, 1.807) is 0 Å². The summed E-state index contributed by atoms with van der Waals surface area (Å²) >= 11 is 1.83. The summed E-state index contributed by atoms with van der Waals surface area (Å²) in [5, 5.41) is 5.29. The fraction of sp³-hybridized carbons (Fsp3) is 0.500. The van der Waals surface area contributed by atoms with Crippen LogP contribution >= 0.6 is 11.3 Å². The van der Waals surface area contributed by atoms with E-state index >= 15 is 0 Å². The fourth-order valence-corrected chi connectivity index (χ4v) is 1.69. The van der Waals surface area contributed by atoms with Gasteiger partial charge in [-0.3, -0.25) is 0 Å². The summed E-state index contributed by atoms with van der Waals surface area (Å²) in [6, 6.07) is 2.21. The van der Waals surface area contributed by atoms with E-state index in [0.29, 0.717) is 0 Å². The third-order valence-corrected chi connectivity index (χ3v) is 2.50. The number of thiophene rings is 1. The second kappa shape index (κ2) is 3.74. The topological polar surface area (TPSA) is 12.0 Å². The van der Waals surface area contributed by atoms with Crippen molar-refractivity contribution >= 4 is 11.3 Å². The second-order valence-electron chi connectivity index (χ2n) is 2.36. The summed E-state index contributed by atoms with van der Waals surface area (Å²) in [5.41, 5.74) is 1.49. The zero-order chi connectivity index (χ0) is 7.40. The van der Waals surface area contributed by atoms with E-state index in [2.05, 4.69) is 23.7 Å². The van der Waals surface area contributed by atoms with Gasteiger partial charge in [-0.15, -0.1) is 11.3 Å². The third-order valence-electron chi connectivity index (χ3n) is 1.61. The highest BCUT2D eigenvalue weighted by atomic mass is 32.1. The minimum Gasteiger partial charge on any atom is -0.319 e. The first-order valence-corrected chi connectivity index (χ1v) is 4.40. The van der Waals surface area contributed by atoms with Crippen LogP contribution in [0, 0.1) is 6.92 Å². The van der Waals surface area contributed by atoms with Crippen LogP contribution in [0.3, 0.4) is 0 Å². The van der Waals surface area contributed by atoms with E-state index in [-0.39, 0.29) is 0 Å². The Kier molecular flexibility index (Phi) is 2.90. The van der Waals surface area contributed by atoms with Crippen LogP contribution in [0.2, 0.25) is 0 Å². The Bertz CT molecular complexity index is 193. The quantitative estimate of drug-likeness (QED) is 0.702. The molecule has 0 bridgehead atoms. The van der Waals surface area contributed by atoms with Gasteiger partial charge in [0.2, 0.25) is 0 Å². The average molecular weight is 155 g/mol. The molecule has 10 heavy (non-hydrogen) atoms. The summed E-state index contributed by atoms with van der Waals surface area (Å²) < 4.78 is 0. The van der Waals surface area contributed by atoms with E-state index in [9.17, 15) is 0 Å². The van der Waals surface area contributed by atoms with Crippen molar-refractivity contribution < 1.29 is 0 Å². The molecule has 0 aliphatic heterocycles. The molecule has 56 valence electrons. The van der Waals surface area contributed by atoms with Gasteiger partial charge >= 0.3 is 0 Å². The van der Waals surface area contributed by atoms with Gasteiger partial charge in [0.25, 0.3) is 0 Å². The molecule has 2 heteroatoms. The average Bonchev–Trinajstić information content (AvgIpc) is 2.31. The molecule has 1 N–H and O–H groups in total. The SMILES string of the molecule is CNCCc1ccsc1C. The summed E-state index contributed by atoms with van der Waals surface area (Å²) in [4.78, 5) is 1.45. The van der Waals surface area contributed by atoms with Crippen molar-refractivity contribution in [2.45, 2.75) is 13.3 Å². The van der Waals surface area contributed by atoms with Crippen LogP contribution in [0.1, 0.15) is 10.4 Å². The zero-order valence-corrected chi connectivity index (χ0v) is 7.29. The lowest BCUT2D eigenvalue weighted by molar-refractivity contribution is 0.791. The van der Waals surface area contributed by atoms with Crippen molar-refractivity contribution in [2.24, 2.45) is 0 Å². The van der Waals surface area contributed by atoms with E-state index in [4.69, 9.17) is 0 Å². The maximum absolute atomic E-state index is 3.14. The van der Waals surface area contributed by atoms with Gasteiger partial charge in [0.1, 0.15) is 0 Å². The minimum atomic E-state index is 1.08. The molecule has 0 amide bonds. The largest absolute Gasteiger partial charge is 0.319 e. The molecule has 0 saturated heterocycles. The van der Waals surface area contributed by atoms with Gasteiger partial charge in [-0.05, 0) is 43.9 Å². The molecular weight excluding hydrogens is 142 g/mol. The van der Waals surface area contributed by atoms with Crippen LogP contribution in [0.4, 0.5) is 0 Å². The smallest absolute Gasteiger partial charge is 0.00466 e. The lowest BCUT2D eigenvalue weighted by Crippen LogP contribution is -2.10. The molecule has 1 aromatic heterocycles. The second-order valence-corrected chi connectivity index (χ2v) is 3.48. The van der Waals surface area contributed by atoms with Crippen LogP contribution in [-0.2, 0) is 6.42 Å². The van der Waals surface area contributed by atoms with Crippen LogP contribution in [0.5, 0.6) is 0 Å². The first kappa shape index (κ1) is 7.76. The predicted molar refractivity (Wildman–Crippen MR) is 46.7 cm³/mol. The van der Waals surface area contributed by atoms with Crippen molar-refractivity contribution in [2.75, 3.05) is 13.6 Å². The maximum Gasteiger partial charge on any atom is 0.00466 e. The van der Waals surface area contributed by atoms with Gasteiger partial charge in [-0.2, -0.15) is 0 Å². The van der Waals surface area contributed by atoms with Crippen LogP contribution < -0.4 is 5.32 Å². The highest BCUT2D eigenvalue weighted by Crippen LogP contribution is 2.14. The van der Waals surface area contributed by atoms with Crippen molar-refractivity contribution in [1.82, 2.24) is 5.32 Å². The Morgan fingerprint density at radius 2 is 2.40 bits per heavy atom. The van der Waals surface area contributed by atoms with Crippen molar-refractivity contribution in [1.29, 1.82) is 0 Å². The van der Waals surface area contributed by atoms with Crippen LogP contribution in [-0.4, -0.2) is 13.6 Å². The Morgan fingerprint density at radius 1 is 1.60 bits per heavy atom. The summed E-state index contributed by atoms with van der Waals surface area (Å²) in [6.07, 6.45) is 1.16. The molecule has 1 nitrogen and oxygen atoms in total.